The molecule has 1 aliphatic heterocycles. The molecule has 1 aromatic rings. The van der Waals surface area contributed by atoms with E-state index in [1.807, 2.05) is 38.2 Å². The maximum Gasteiger partial charge on any atom is 0.251 e. The Morgan fingerprint density at radius 2 is 2.04 bits per heavy atom. The third-order valence-electron chi connectivity index (χ3n) is 4.17. The smallest absolute Gasteiger partial charge is 0.251 e. The number of aliphatic imine (C=N–C) groups is 1. The Bertz CT molecular complexity index is 538. The van der Waals surface area contributed by atoms with E-state index in [1.54, 1.807) is 0 Å². The van der Waals surface area contributed by atoms with Crippen molar-refractivity contribution in [1.29, 1.82) is 0 Å². The zero-order valence-corrected chi connectivity index (χ0v) is 14.4. The van der Waals surface area contributed by atoms with Crippen molar-refractivity contribution in [1.82, 2.24) is 15.5 Å². The molecule has 1 atom stereocenters. The lowest BCUT2D eigenvalue weighted by atomic mass is 10.0. The zero-order valence-electron chi connectivity index (χ0n) is 14.4. The van der Waals surface area contributed by atoms with Crippen molar-refractivity contribution in [3.05, 3.63) is 35.4 Å². The van der Waals surface area contributed by atoms with Crippen molar-refractivity contribution in [2.24, 2.45) is 10.9 Å². The van der Waals surface area contributed by atoms with Gasteiger partial charge in [-0.3, -0.25) is 9.79 Å². The number of guanidine groups is 1. The highest BCUT2D eigenvalue weighted by Gasteiger charge is 2.18. The first-order chi connectivity index (χ1) is 11.1. The van der Waals surface area contributed by atoms with Crippen LogP contribution in [0.3, 0.4) is 0 Å². The molecule has 23 heavy (non-hydrogen) atoms. The maximum absolute atomic E-state index is 11.8. The van der Waals surface area contributed by atoms with Gasteiger partial charge in [-0.05, 0) is 43.4 Å². The summed E-state index contributed by atoms with van der Waals surface area (Å²) in [5.74, 6) is 1.66. The molecule has 1 amide bonds. The van der Waals surface area contributed by atoms with Gasteiger partial charge in [0.2, 0.25) is 0 Å². The van der Waals surface area contributed by atoms with Crippen LogP contribution < -0.4 is 10.6 Å². The average molecular weight is 316 g/mol. The summed E-state index contributed by atoms with van der Waals surface area (Å²) in [6.45, 7) is 7.71. The average Bonchev–Trinajstić information content (AvgIpc) is 2.56. The molecule has 2 rings (SSSR count). The molecule has 5 nitrogen and oxygen atoms in total. The monoisotopic (exact) mass is 316 g/mol. The lowest BCUT2D eigenvalue weighted by Crippen LogP contribution is -2.45. The van der Waals surface area contributed by atoms with E-state index >= 15 is 0 Å². The van der Waals surface area contributed by atoms with Gasteiger partial charge < -0.3 is 15.5 Å². The molecule has 0 aromatic heterocycles. The molecule has 1 saturated heterocycles. The SMILES string of the molecule is CCNC(=O)c1ccc(CNC(=NC)N2CCCC(C)C2)cc1. The first-order valence-corrected chi connectivity index (χ1v) is 8.46. The topological polar surface area (TPSA) is 56.7 Å². The number of benzene rings is 1. The number of amides is 1. The minimum atomic E-state index is -0.0230. The largest absolute Gasteiger partial charge is 0.352 e. The van der Waals surface area contributed by atoms with Gasteiger partial charge in [-0.1, -0.05) is 19.1 Å². The van der Waals surface area contributed by atoms with Gasteiger partial charge in [0.15, 0.2) is 5.96 Å². The van der Waals surface area contributed by atoms with Crippen molar-refractivity contribution in [2.75, 3.05) is 26.7 Å². The Hall–Kier alpha value is -2.04. The molecule has 1 heterocycles. The van der Waals surface area contributed by atoms with Gasteiger partial charge in [0.25, 0.3) is 5.91 Å². The molecule has 0 saturated carbocycles. The van der Waals surface area contributed by atoms with Crippen molar-refractivity contribution in [3.8, 4) is 0 Å². The van der Waals surface area contributed by atoms with Gasteiger partial charge in [-0.15, -0.1) is 0 Å². The second kappa shape index (κ2) is 8.56. The fourth-order valence-electron chi connectivity index (χ4n) is 2.93. The predicted octanol–water partition coefficient (Wildman–Crippen LogP) is 2.24. The third kappa shape index (κ3) is 4.98. The minimum absolute atomic E-state index is 0.0230. The van der Waals surface area contributed by atoms with Crippen LogP contribution in [0.15, 0.2) is 29.3 Å². The predicted molar refractivity (Wildman–Crippen MR) is 94.6 cm³/mol. The Labute approximate surface area is 139 Å². The summed E-state index contributed by atoms with van der Waals surface area (Å²) in [5.41, 5.74) is 1.84. The molecule has 126 valence electrons. The molecular weight excluding hydrogens is 288 g/mol. The van der Waals surface area contributed by atoms with E-state index in [9.17, 15) is 4.79 Å². The Morgan fingerprint density at radius 1 is 1.30 bits per heavy atom. The van der Waals surface area contributed by atoms with Crippen LogP contribution >= 0.6 is 0 Å². The minimum Gasteiger partial charge on any atom is -0.352 e. The molecule has 0 spiro atoms. The molecule has 1 unspecified atom stereocenters. The van der Waals surface area contributed by atoms with Crippen LogP contribution in [-0.4, -0.2) is 43.4 Å². The number of piperidine rings is 1. The van der Waals surface area contributed by atoms with E-state index in [0.29, 0.717) is 18.7 Å². The first kappa shape index (κ1) is 17.3. The van der Waals surface area contributed by atoms with E-state index < -0.39 is 0 Å². The van der Waals surface area contributed by atoms with Crippen molar-refractivity contribution >= 4 is 11.9 Å². The molecule has 1 aliphatic rings. The highest BCUT2D eigenvalue weighted by Crippen LogP contribution is 2.15. The molecule has 1 fully saturated rings. The van der Waals surface area contributed by atoms with E-state index in [4.69, 9.17) is 0 Å². The number of likely N-dealkylation sites (tertiary alicyclic amines) is 1. The molecular formula is C18H28N4O. The van der Waals surface area contributed by atoms with Crippen molar-refractivity contribution < 1.29 is 4.79 Å². The van der Waals surface area contributed by atoms with Crippen LogP contribution in [0, 0.1) is 5.92 Å². The van der Waals surface area contributed by atoms with Gasteiger partial charge in [-0.25, -0.2) is 0 Å². The van der Waals surface area contributed by atoms with Crippen LogP contribution in [0.1, 0.15) is 42.6 Å². The summed E-state index contributed by atoms with van der Waals surface area (Å²) >= 11 is 0. The van der Waals surface area contributed by atoms with E-state index in [-0.39, 0.29) is 5.91 Å². The number of nitrogens with one attached hydrogen (secondary N) is 2. The maximum atomic E-state index is 11.8. The Kier molecular flexibility index (Phi) is 6.44. The van der Waals surface area contributed by atoms with Gasteiger partial charge in [0.1, 0.15) is 0 Å². The molecule has 2 N–H and O–H groups in total. The van der Waals surface area contributed by atoms with Crippen LogP contribution in [0.25, 0.3) is 0 Å². The third-order valence-corrected chi connectivity index (χ3v) is 4.17. The molecule has 0 radical (unpaired) electrons. The lowest BCUT2D eigenvalue weighted by molar-refractivity contribution is 0.0956. The number of nitrogens with zero attached hydrogens (tertiary/aromatic N) is 2. The van der Waals surface area contributed by atoms with Gasteiger partial charge in [-0.2, -0.15) is 0 Å². The lowest BCUT2D eigenvalue weighted by Gasteiger charge is -2.33. The quantitative estimate of drug-likeness (QED) is 0.662. The molecule has 0 aliphatic carbocycles. The summed E-state index contributed by atoms with van der Waals surface area (Å²) in [7, 11) is 1.83. The number of hydrogen-bond acceptors (Lipinski definition) is 2. The van der Waals surface area contributed by atoms with Crippen LogP contribution in [0.4, 0.5) is 0 Å². The van der Waals surface area contributed by atoms with E-state index in [2.05, 4.69) is 27.4 Å². The van der Waals surface area contributed by atoms with E-state index in [1.165, 1.54) is 12.8 Å². The van der Waals surface area contributed by atoms with Gasteiger partial charge >= 0.3 is 0 Å². The molecule has 0 bridgehead atoms. The van der Waals surface area contributed by atoms with Crippen LogP contribution in [0.2, 0.25) is 0 Å². The Balaban J connectivity index is 1.90. The van der Waals surface area contributed by atoms with Gasteiger partial charge in [0.05, 0.1) is 0 Å². The first-order valence-electron chi connectivity index (χ1n) is 8.46. The van der Waals surface area contributed by atoms with E-state index in [0.717, 1.165) is 30.5 Å². The number of rotatable bonds is 4. The van der Waals surface area contributed by atoms with Crippen molar-refractivity contribution in [3.63, 3.8) is 0 Å². The highest BCUT2D eigenvalue weighted by atomic mass is 16.1. The number of hydrogen-bond donors (Lipinski definition) is 2. The van der Waals surface area contributed by atoms with Crippen molar-refractivity contribution in [2.45, 2.75) is 33.2 Å². The second-order valence-electron chi connectivity index (χ2n) is 6.15. The van der Waals surface area contributed by atoms with Gasteiger partial charge in [0, 0.05) is 38.8 Å². The fourth-order valence-corrected chi connectivity index (χ4v) is 2.93. The molecule has 5 heteroatoms. The zero-order chi connectivity index (χ0) is 16.7. The fraction of sp³-hybridized carbons (Fsp3) is 0.556. The summed E-state index contributed by atoms with van der Waals surface area (Å²) in [5, 5.41) is 6.23. The normalized spacial score (nSPS) is 18.7. The molecule has 1 aromatic carbocycles. The summed E-state index contributed by atoms with van der Waals surface area (Å²) in [6, 6.07) is 7.72. The van der Waals surface area contributed by atoms with Crippen LogP contribution in [0.5, 0.6) is 0 Å². The highest BCUT2D eigenvalue weighted by molar-refractivity contribution is 5.94. The Morgan fingerprint density at radius 3 is 2.65 bits per heavy atom. The standard InChI is InChI=1S/C18H28N4O/c1-4-20-17(23)16-9-7-15(8-10-16)12-21-18(19-3)22-11-5-6-14(2)13-22/h7-10,14H,4-6,11-13H2,1-3H3,(H,19,21)(H,20,23). The number of carbonyl (C=O) groups excluding carboxylic acids is 1. The second-order valence-corrected chi connectivity index (χ2v) is 6.15. The summed E-state index contributed by atoms with van der Waals surface area (Å²) < 4.78 is 0. The number of carbonyl (C=O) groups is 1. The summed E-state index contributed by atoms with van der Waals surface area (Å²) in [6.07, 6.45) is 2.53. The summed E-state index contributed by atoms with van der Waals surface area (Å²) in [4.78, 5) is 18.5. The van der Waals surface area contributed by atoms with Crippen LogP contribution in [-0.2, 0) is 6.54 Å².